The third-order valence-electron chi connectivity index (χ3n) is 2.97. The van der Waals surface area contributed by atoms with E-state index in [1.54, 1.807) is 6.07 Å². The Kier molecular flexibility index (Phi) is 4.12. The molecule has 1 atom stereocenters. The Hall–Kier alpha value is -1.99. The van der Waals surface area contributed by atoms with Crippen LogP contribution >= 0.6 is 0 Å². The number of aromatic nitrogens is 3. The van der Waals surface area contributed by atoms with Crippen LogP contribution in [0.5, 0.6) is 5.88 Å². The van der Waals surface area contributed by atoms with Crippen LogP contribution in [0.3, 0.4) is 0 Å². The van der Waals surface area contributed by atoms with Gasteiger partial charge in [0.05, 0.1) is 25.4 Å². The highest BCUT2D eigenvalue weighted by atomic mass is 16.5. The van der Waals surface area contributed by atoms with Crippen LogP contribution in [0.15, 0.2) is 22.7 Å². The molecule has 0 saturated carbocycles. The molecule has 0 aliphatic carbocycles. The van der Waals surface area contributed by atoms with Crippen molar-refractivity contribution in [3.8, 4) is 17.5 Å². The van der Waals surface area contributed by atoms with E-state index in [-0.39, 0.29) is 12.1 Å². The Morgan fingerprint density at radius 3 is 3.00 bits per heavy atom. The van der Waals surface area contributed by atoms with E-state index in [1.807, 2.05) is 26.0 Å². The number of pyridine rings is 1. The maximum absolute atomic E-state index is 5.57. The molecule has 0 aromatic carbocycles. The number of nitrogens with zero attached hydrogens (tertiary/aromatic N) is 3. The number of ether oxygens (including phenoxy) is 2. The second kappa shape index (κ2) is 6.19. The van der Waals surface area contributed by atoms with Crippen LogP contribution in [0.1, 0.15) is 25.7 Å². The van der Waals surface area contributed by atoms with Gasteiger partial charge in [-0.2, -0.15) is 4.98 Å². The molecular formula is C14H18N4O3. The van der Waals surface area contributed by atoms with Crippen molar-refractivity contribution in [2.24, 2.45) is 0 Å². The predicted octanol–water partition coefficient (Wildman–Crippen LogP) is 1.58. The fourth-order valence-electron chi connectivity index (χ4n) is 2.05. The highest BCUT2D eigenvalue weighted by molar-refractivity contribution is 5.47. The molecule has 7 nitrogen and oxygen atoms in total. The average molecular weight is 290 g/mol. The first kappa shape index (κ1) is 14.0. The Bertz CT molecular complexity index is 593. The van der Waals surface area contributed by atoms with Crippen molar-refractivity contribution >= 4 is 0 Å². The van der Waals surface area contributed by atoms with E-state index in [4.69, 9.17) is 14.0 Å². The summed E-state index contributed by atoms with van der Waals surface area (Å²) in [6.45, 7) is 5.94. The first-order chi connectivity index (χ1) is 10.2. The average Bonchev–Trinajstić information content (AvgIpc) is 2.98. The van der Waals surface area contributed by atoms with Gasteiger partial charge in [-0.1, -0.05) is 11.2 Å². The van der Waals surface area contributed by atoms with Crippen LogP contribution in [-0.2, 0) is 4.74 Å². The van der Waals surface area contributed by atoms with Crippen molar-refractivity contribution in [3.63, 3.8) is 0 Å². The van der Waals surface area contributed by atoms with E-state index in [2.05, 4.69) is 20.4 Å². The molecule has 112 valence electrons. The molecule has 1 aliphatic rings. The molecule has 0 bridgehead atoms. The Morgan fingerprint density at radius 1 is 1.33 bits per heavy atom. The summed E-state index contributed by atoms with van der Waals surface area (Å²) in [6, 6.07) is 5.43. The van der Waals surface area contributed by atoms with E-state index in [9.17, 15) is 0 Å². The Labute approximate surface area is 122 Å². The highest BCUT2D eigenvalue weighted by Crippen LogP contribution is 2.21. The third kappa shape index (κ3) is 3.37. The predicted molar refractivity (Wildman–Crippen MR) is 74.9 cm³/mol. The molecule has 0 radical (unpaired) electrons. The molecule has 3 rings (SSSR count). The summed E-state index contributed by atoms with van der Waals surface area (Å²) in [6.07, 6.45) is 0.0644. The Balaban J connectivity index is 1.79. The molecule has 0 spiro atoms. The molecule has 3 heterocycles. The third-order valence-corrected chi connectivity index (χ3v) is 2.97. The van der Waals surface area contributed by atoms with E-state index >= 15 is 0 Å². The van der Waals surface area contributed by atoms with E-state index in [1.165, 1.54) is 0 Å². The van der Waals surface area contributed by atoms with Gasteiger partial charge < -0.3 is 19.3 Å². The number of hydrogen-bond acceptors (Lipinski definition) is 7. The minimum absolute atomic E-state index is 0.0358. The minimum Gasteiger partial charge on any atom is -0.475 e. The molecule has 1 unspecified atom stereocenters. The topological polar surface area (TPSA) is 82.3 Å². The lowest BCUT2D eigenvalue weighted by atomic mass is 10.2. The summed E-state index contributed by atoms with van der Waals surface area (Å²) in [5.41, 5.74) is 0.601. The first-order valence-corrected chi connectivity index (χ1v) is 7.01. The smallest absolute Gasteiger partial charge is 0.276 e. The summed E-state index contributed by atoms with van der Waals surface area (Å²) in [7, 11) is 0. The monoisotopic (exact) mass is 290 g/mol. The van der Waals surface area contributed by atoms with E-state index < -0.39 is 0 Å². The summed E-state index contributed by atoms with van der Waals surface area (Å²) >= 11 is 0. The van der Waals surface area contributed by atoms with Gasteiger partial charge in [-0.05, 0) is 19.9 Å². The summed E-state index contributed by atoms with van der Waals surface area (Å²) in [4.78, 5) is 8.76. The first-order valence-electron chi connectivity index (χ1n) is 7.01. The lowest BCUT2D eigenvalue weighted by Gasteiger charge is -2.20. The highest BCUT2D eigenvalue weighted by Gasteiger charge is 2.21. The van der Waals surface area contributed by atoms with Gasteiger partial charge in [0.2, 0.25) is 5.88 Å². The van der Waals surface area contributed by atoms with Gasteiger partial charge in [0.25, 0.3) is 5.89 Å². The zero-order valence-electron chi connectivity index (χ0n) is 12.1. The van der Waals surface area contributed by atoms with Gasteiger partial charge in [0.1, 0.15) is 5.69 Å². The zero-order chi connectivity index (χ0) is 14.7. The van der Waals surface area contributed by atoms with Crippen molar-refractivity contribution < 1.29 is 14.0 Å². The van der Waals surface area contributed by atoms with Crippen LogP contribution in [0.2, 0.25) is 0 Å². The molecule has 2 aromatic rings. The molecule has 7 heteroatoms. The van der Waals surface area contributed by atoms with Crippen LogP contribution in [0, 0.1) is 0 Å². The van der Waals surface area contributed by atoms with Crippen LogP contribution < -0.4 is 10.1 Å². The quantitative estimate of drug-likeness (QED) is 0.915. The van der Waals surface area contributed by atoms with Crippen LogP contribution in [0.4, 0.5) is 0 Å². The fourth-order valence-corrected chi connectivity index (χ4v) is 2.05. The number of morpholine rings is 1. The SMILES string of the molecule is CC(C)Oc1cccc(-c2nc(C3COCCN3)no2)n1. The summed E-state index contributed by atoms with van der Waals surface area (Å²) < 4.78 is 16.2. The number of rotatable bonds is 4. The minimum atomic E-state index is -0.0358. The molecule has 0 amide bonds. The molecule has 2 aromatic heterocycles. The second-order valence-electron chi connectivity index (χ2n) is 5.07. The van der Waals surface area contributed by atoms with Crippen LogP contribution in [-0.4, -0.2) is 41.0 Å². The summed E-state index contributed by atoms with van der Waals surface area (Å²) in [5.74, 6) is 1.51. The van der Waals surface area contributed by atoms with Crippen molar-refractivity contribution in [2.75, 3.05) is 19.8 Å². The number of hydrogen-bond donors (Lipinski definition) is 1. The standard InChI is InChI=1S/C14H18N4O3/c1-9(2)20-12-5-3-4-10(16-12)14-17-13(18-21-14)11-8-19-7-6-15-11/h3-5,9,11,15H,6-8H2,1-2H3. The lowest BCUT2D eigenvalue weighted by molar-refractivity contribution is 0.0734. The van der Waals surface area contributed by atoms with Gasteiger partial charge in [0.15, 0.2) is 5.82 Å². The zero-order valence-corrected chi connectivity index (χ0v) is 12.1. The van der Waals surface area contributed by atoms with Crippen molar-refractivity contribution in [2.45, 2.75) is 26.0 Å². The van der Waals surface area contributed by atoms with Crippen LogP contribution in [0.25, 0.3) is 11.6 Å². The molecular weight excluding hydrogens is 272 g/mol. The number of nitrogens with one attached hydrogen (secondary N) is 1. The molecule has 1 fully saturated rings. The van der Waals surface area contributed by atoms with Gasteiger partial charge in [-0.15, -0.1) is 0 Å². The molecule has 21 heavy (non-hydrogen) atoms. The molecule has 1 N–H and O–H groups in total. The van der Waals surface area contributed by atoms with Crippen molar-refractivity contribution in [3.05, 3.63) is 24.0 Å². The fraction of sp³-hybridized carbons (Fsp3) is 0.500. The van der Waals surface area contributed by atoms with Gasteiger partial charge in [-0.3, -0.25) is 0 Å². The normalized spacial score (nSPS) is 18.9. The maximum atomic E-state index is 5.57. The maximum Gasteiger partial charge on any atom is 0.276 e. The lowest BCUT2D eigenvalue weighted by Crippen LogP contribution is -2.35. The van der Waals surface area contributed by atoms with E-state index in [0.29, 0.717) is 36.5 Å². The summed E-state index contributed by atoms with van der Waals surface area (Å²) in [5, 5.41) is 7.28. The largest absolute Gasteiger partial charge is 0.475 e. The van der Waals surface area contributed by atoms with Gasteiger partial charge >= 0.3 is 0 Å². The van der Waals surface area contributed by atoms with Gasteiger partial charge in [0, 0.05) is 12.6 Å². The van der Waals surface area contributed by atoms with E-state index in [0.717, 1.165) is 6.54 Å². The van der Waals surface area contributed by atoms with Crippen molar-refractivity contribution in [1.82, 2.24) is 20.4 Å². The second-order valence-corrected chi connectivity index (χ2v) is 5.07. The van der Waals surface area contributed by atoms with Gasteiger partial charge in [-0.25, -0.2) is 4.98 Å². The Morgan fingerprint density at radius 2 is 2.24 bits per heavy atom. The molecule has 1 saturated heterocycles. The van der Waals surface area contributed by atoms with Crippen molar-refractivity contribution in [1.29, 1.82) is 0 Å². The molecule has 1 aliphatic heterocycles.